The van der Waals surface area contributed by atoms with Gasteiger partial charge in [-0.15, -0.1) is 0 Å². The van der Waals surface area contributed by atoms with Gasteiger partial charge in [-0.05, 0) is 31.9 Å². The maximum atomic E-state index is 11.7. The van der Waals surface area contributed by atoms with Crippen molar-refractivity contribution in [3.63, 3.8) is 0 Å². The molecule has 0 fully saturated rings. The molecule has 0 radical (unpaired) electrons. The summed E-state index contributed by atoms with van der Waals surface area (Å²) in [5.74, 6) is 0.831. The van der Waals surface area contributed by atoms with Gasteiger partial charge in [0.1, 0.15) is 5.82 Å². The van der Waals surface area contributed by atoms with Gasteiger partial charge in [0.05, 0.1) is 12.2 Å². The largest absolute Gasteiger partial charge is 0.383 e. The van der Waals surface area contributed by atoms with Crippen molar-refractivity contribution in [1.82, 2.24) is 4.98 Å². The Kier molecular flexibility index (Phi) is 6.50. The number of carbonyl (C=O) groups is 1. The van der Waals surface area contributed by atoms with Crippen molar-refractivity contribution >= 4 is 11.6 Å². The van der Waals surface area contributed by atoms with Crippen LogP contribution in [0, 0.1) is 0 Å². The summed E-state index contributed by atoms with van der Waals surface area (Å²) in [6.45, 7) is 7.28. The van der Waals surface area contributed by atoms with E-state index in [0.29, 0.717) is 18.2 Å². The summed E-state index contributed by atoms with van der Waals surface area (Å²) < 4.78 is 5.18. The van der Waals surface area contributed by atoms with Gasteiger partial charge < -0.3 is 9.64 Å². The number of rotatable bonds is 8. The van der Waals surface area contributed by atoms with E-state index >= 15 is 0 Å². The van der Waals surface area contributed by atoms with Crippen LogP contribution in [0.2, 0.25) is 0 Å². The first-order valence-corrected chi connectivity index (χ1v) is 6.87. The van der Waals surface area contributed by atoms with E-state index in [2.05, 4.69) is 23.7 Å². The zero-order valence-corrected chi connectivity index (χ0v) is 12.3. The van der Waals surface area contributed by atoms with Gasteiger partial charge >= 0.3 is 0 Å². The van der Waals surface area contributed by atoms with Crippen LogP contribution in [-0.4, -0.2) is 37.1 Å². The summed E-state index contributed by atoms with van der Waals surface area (Å²) in [6, 6.07) is 4.03. The van der Waals surface area contributed by atoms with Crippen molar-refractivity contribution < 1.29 is 9.53 Å². The van der Waals surface area contributed by atoms with E-state index in [1.165, 1.54) is 0 Å². The molecule has 1 aromatic heterocycles. The fourth-order valence-corrected chi connectivity index (χ4v) is 2.28. The first-order chi connectivity index (χ1) is 9.15. The molecule has 0 bridgehead atoms. The molecule has 0 saturated carbocycles. The number of carbonyl (C=O) groups excluding carboxylic acids is 1. The summed E-state index contributed by atoms with van der Waals surface area (Å²) in [4.78, 5) is 18.4. The fraction of sp³-hybridized carbons (Fsp3) is 0.600. The Morgan fingerprint density at radius 2 is 2.11 bits per heavy atom. The number of Topliss-reactive ketones (excluding diaryl/α,β-unsaturated/α-hetero) is 1. The van der Waals surface area contributed by atoms with E-state index in [9.17, 15) is 4.79 Å². The molecule has 0 amide bonds. The molecule has 0 spiro atoms. The van der Waals surface area contributed by atoms with Crippen LogP contribution in [0.15, 0.2) is 18.3 Å². The minimum Gasteiger partial charge on any atom is -0.383 e. The van der Waals surface area contributed by atoms with Gasteiger partial charge in [-0.25, -0.2) is 4.98 Å². The van der Waals surface area contributed by atoms with Gasteiger partial charge in [0.2, 0.25) is 0 Å². The second-order valence-electron chi connectivity index (χ2n) is 4.59. The third kappa shape index (κ3) is 4.03. The van der Waals surface area contributed by atoms with Gasteiger partial charge in [-0.2, -0.15) is 0 Å². The highest BCUT2D eigenvalue weighted by Crippen LogP contribution is 2.22. The predicted octanol–water partition coefficient (Wildman–Crippen LogP) is 2.93. The Hall–Kier alpha value is -1.42. The fourth-order valence-electron chi connectivity index (χ4n) is 2.28. The molecule has 4 heteroatoms. The number of hydrogen-bond acceptors (Lipinski definition) is 4. The Labute approximate surface area is 115 Å². The van der Waals surface area contributed by atoms with Crippen molar-refractivity contribution in [2.24, 2.45) is 0 Å². The maximum Gasteiger partial charge on any atom is 0.163 e. The lowest BCUT2D eigenvalue weighted by atomic mass is 10.1. The number of aromatic nitrogens is 1. The number of ketones is 1. The van der Waals surface area contributed by atoms with E-state index in [0.717, 1.165) is 25.2 Å². The molecular weight excluding hydrogens is 240 g/mol. The number of methoxy groups -OCH3 is 1. The molecule has 1 rings (SSSR count). The molecule has 1 heterocycles. The van der Waals surface area contributed by atoms with Crippen LogP contribution in [0.1, 0.15) is 44.0 Å². The smallest absolute Gasteiger partial charge is 0.163 e. The first-order valence-electron chi connectivity index (χ1n) is 6.87. The third-order valence-electron chi connectivity index (χ3n) is 3.36. The summed E-state index contributed by atoms with van der Waals surface area (Å²) in [5.41, 5.74) is 0.686. The molecule has 0 N–H and O–H groups in total. The normalized spacial score (nSPS) is 10.8. The molecule has 0 atom stereocenters. The van der Waals surface area contributed by atoms with Gasteiger partial charge in [0, 0.05) is 25.9 Å². The monoisotopic (exact) mass is 264 g/mol. The predicted molar refractivity (Wildman–Crippen MR) is 77.8 cm³/mol. The maximum absolute atomic E-state index is 11.7. The summed E-state index contributed by atoms with van der Waals surface area (Å²) in [5, 5.41) is 0. The Balaban J connectivity index is 3.12. The number of nitrogens with zero attached hydrogens (tertiary/aromatic N) is 2. The SMILES string of the molecule is CCC(CC)N(CCOC)c1ncccc1C(C)=O. The second kappa shape index (κ2) is 7.89. The zero-order valence-electron chi connectivity index (χ0n) is 12.3. The average Bonchev–Trinajstić information content (AvgIpc) is 2.43. The Bertz CT molecular complexity index is 403. The van der Waals surface area contributed by atoms with Crippen LogP contribution < -0.4 is 4.90 Å². The number of pyridine rings is 1. The molecule has 0 aromatic carbocycles. The summed E-state index contributed by atoms with van der Waals surface area (Å²) >= 11 is 0. The van der Waals surface area contributed by atoms with Crippen LogP contribution in [0.5, 0.6) is 0 Å². The molecule has 19 heavy (non-hydrogen) atoms. The summed E-state index contributed by atoms with van der Waals surface area (Å²) in [7, 11) is 1.69. The highest BCUT2D eigenvalue weighted by molar-refractivity contribution is 5.98. The van der Waals surface area contributed by atoms with Crippen molar-refractivity contribution in [3.8, 4) is 0 Å². The molecule has 4 nitrogen and oxygen atoms in total. The molecule has 0 aliphatic rings. The number of anilines is 1. The number of hydrogen-bond donors (Lipinski definition) is 0. The zero-order chi connectivity index (χ0) is 14.3. The van der Waals surface area contributed by atoms with E-state index in [1.54, 1.807) is 20.2 Å². The third-order valence-corrected chi connectivity index (χ3v) is 3.36. The minimum atomic E-state index is 0.0523. The van der Waals surface area contributed by atoms with Crippen molar-refractivity contribution in [1.29, 1.82) is 0 Å². The van der Waals surface area contributed by atoms with Gasteiger partial charge in [0.15, 0.2) is 5.78 Å². The highest BCUT2D eigenvalue weighted by Gasteiger charge is 2.20. The van der Waals surface area contributed by atoms with Crippen LogP contribution in [0.4, 0.5) is 5.82 Å². The van der Waals surface area contributed by atoms with Crippen molar-refractivity contribution in [3.05, 3.63) is 23.9 Å². The van der Waals surface area contributed by atoms with Crippen LogP contribution in [-0.2, 0) is 4.74 Å². The Morgan fingerprint density at radius 3 is 2.63 bits per heavy atom. The average molecular weight is 264 g/mol. The highest BCUT2D eigenvalue weighted by atomic mass is 16.5. The van der Waals surface area contributed by atoms with Gasteiger partial charge in [-0.3, -0.25) is 4.79 Å². The lowest BCUT2D eigenvalue weighted by Crippen LogP contribution is -2.38. The molecule has 106 valence electrons. The van der Waals surface area contributed by atoms with Crippen molar-refractivity contribution in [2.45, 2.75) is 39.7 Å². The van der Waals surface area contributed by atoms with Gasteiger partial charge in [-0.1, -0.05) is 13.8 Å². The Morgan fingerprint density at radius 1 is 1.42 bits per heavy atom. The minimum absolute atomic E-state index is 0.0523. The molecule has 0 aliphatic carbocycles. The molecule has 0 unspecified atom stereocenters. The van der Waals surface area contributed by atoms with Crippen LogP contribution in [0.25, 0.3) is 0 Å². The first kappa shape index (κ1) is 15.6. The molecular formula is C15H24N2O2. The van der Waals surface area contributed by atoms with E-state index in [4.69, 9.17) is 4.74 Å². The quantitative estimate of drug-likeness (QED) is 0.677. The molecule has 0 aliphatic heterocycles. The van der Waals surface area contributed by atoms with Gasteiger partial charge in [0.25, 0.3) is 0 Å². The lowest BCUT2D eigenvalue weighted by molar-refractivity contribution is 0.101. The number of ether oxygens (including phenoxy) is 1. The second-order valence-corrected chi connectivity index (χ2v) is 4.59. The molecule has 0 saturated heterocycles. The van der Waals surface area contributed by atoms with Crippen molar-refractivity contribution in [2.75, 3.05) is 25.2 Å². The lowest BCUT2D eigenvalue weighted by Gasteiger charge is -2.32. The standard InChI is InChI=1S/C15H24N2O2/c1-5-13(6-2)17(10-11-19-4)15-14(12(3)18)8-7-9-16-15/h7-9,13H,5-6,10-11H2,1-4H3. The summed E-state index contributed by atoms with van der Waals surface area (Å²) in [6.07, 6.45) is 3.78. The van der Waals surface area contributed by atoms with E-state index < -0.39 is 0 Å². The van der Waals surface area contributed by atoms with Crippen LogP contribution in [0.3, 0.4) is 0 Å². The topological polar surface area (TPSA) is 42.4 Å². The van der Waals surface area contributed by atoms with E-state index in [-0.39, 0.29) is 5.78 Å². The van der Waals surface area contributed by atoms with E-state index in [1.807, 2.05) is 12.1 Å². The van der Waals surface area contributed by atoms with Crippen LogP contribution >= 0.6 is 0 Å². The molecule has 1 aromatic rings.